The molecule has 0 bridgehead atoms. The van der Waals surface area contributed by atoms with Gasteiger partial charge in [0.15, 0.2) is 11.5 Å². The molecule has 1 aliphatic heterocycles. The Kier molecular flexibility index (Phi) is 8.76. The van der Waals surface area contributed by atoms with Crippen molar-refractivity contribution in [1.29, 1.82) is 0 Å². The van der Waals surface area contributed by atoms with Crippen LogP contribution in [0.2, 0.25) is 0 Å². The molecule has 0 aromatic heterocycles. The quantitative estimate of drug-likeness (QED) is 0.296. The molecule has 2 aromatic rings. The van der Waals surface area contributed by atoms with Crippen molar-refractivity contribution in [3.05, 3.63) is 59.2 Å². The lowest BCUT2D eigenvalue weighted by Crippen LogP contribution is -2.33. The molecule has 188 valence electrons. The zero-order chi connectivity index (χ0) is 25.5. The van der Waals surface area contributed by atoms with Gasteiger partial charge in [-0.05, 0) is 55.9 Å². The van der Waals surface area contributed by atoms with E-state index in [-0.39, 0.29) is 11.3 Å². The number of carbonyl (C=O) groups excluding carboxylic acids is 2. The summed E-state index contributed by atoms with van der Waals surface area (Å²) >= 11 is 0. The Bertz CT molecular complexity index is 1090. The van der Waals surface area contributed by atoms with Gasteiger partial charge in [-0.3, -0.25) is 9.59 Å². The minimum absolute atomic E-state index is 0.0401. The van der Waals surface area contributed by atoms with E-state index >= 15 is 0 Å². The standard InChI is InChI=1S/C27H34N2O6/c1-6-28(7-2)14-9-15-29-24(18-12-13-21(34-4)22(17-18)35-5)23(26(31)27(29)32)25(30)19-10-8-11-20(16-19)33-3/h8,10-13,16-17,24,30H,6-7,9,14-15H2,1-5H3/t24-/m0/s1. The lowest BCUT2D eigenvalue weighted by molar-refractivity contribution is -0.140. The summed E-state index contributed by atoms with van der Waals surface area (Å²) in [4.78, 5) is 30.2. The van der Waals surface area contributed by atoms with E-state index in [0.29, 0.717) is 41.3 Å². The molecule has 0 saturated carbocycles. The van der Waals surface area contributed by atoms with E-state index in [1.165, 1.54) is 14.2 Å². The highest BCUT2D eigenvalue weighted by Crippen LogP contribution is 2.42. The first-order chi connectivity index (χ1) is 16.9. The number of aliphatic hydroxyl groups is 1. The first-order valence-electron chi connectivity index (χ1n) is 11.8. The summed E-state index contributed by atoms with van der Waals surface area (Å²) in [6, 6.07) is 11.3. The molecule has 0 spiro atoms. The first-order valence-corrected chi connectivity index (χ1v) is 11.8. The summed E-state index contributed by atoms with van der Waals surface area (Å²) in [6.45, 7) is 7.16. The monoisotopic (exact) mass is 482 g/mol. The number of hydrogen-bond acceptors (Lipinski definition) is 7. The van der Waals surface area contributed by atoms with Crippen LogP contribution in [0.25, 0.3) is 5.76 Å². The second-order valence-electron chi connectivity index (χ2n) is 8.22. The van der Waals surface area contributed by atoms with E-state index < -0.39 is 17.7 Å². The first kappa shape index (κ1) is 26.1. The van der Waals surface area contributed by atoms with E-state index in [4.69, 9.17) is 14.2 Å². The maximum Gasteiger partial charge on any atom is 0.295 e. The van der Waals surface area contributed by atoms with Gasteiger partial charge in [0.25, 0.3) is 11.7 Å². The third-order valence-electron chi connectivity index (χ3n) is 6.37. The molecule has 1 saturated heterocycles. The molecule has 1 fully saturated rings. The summed E-state index contributed by atoms with van der Waals surface area (Å²) in [5.41, 5.74) is 1.09. The predicted molar refractivity (Wildman–Crippen MR) is 134 cm³/mol. The molecule has 1 atom stereocenters. The van der Waals surface area contributed by atoms with Gasteiger partial charge in [-0.15, -0.1) is 0 Å². The zero-order valence-corrected chi connectivity index (χ0v) is 21.0. The molecular weight excluding hydrogens is 448 g/mol. The molecule has 1 amide bonds. The summed E-state index contributed by atoms with van der Waals surface area (Å²) < 4.78 is 16.1. The average molecular weight is 483 g/mol. The number of amides is 1. The van der Waals surface area contributed by atoms with Gasteiger partial charge in [-0.2, -0.15) is 0 Å². The molecule has 3 rings (SSSR count). The topological polar surface area (TPSA) is 88.5 Å². The van der Waals surface area contributed by atoms with Gasteiger partial charge in [0.1, 0.15) is 11.5 Å². The number of carbonyl (C=O) groups is 2. The van der Waals surface area contributed by atoms with Crippen molar-refractivity contribution < 1.29 is 28.9 Å². The number of benzene rings is 2. The van der Waals surface area contributed by atoms with Crippen LogP contribution in [0.4, 0.5) is 0 Å². The Labute approximate surface area is 206 Å². The zero-order valence-electron chi connectivity index (χ0n) is 21.0. The number of aliphatic hydroxyl groups excluding tert-OH is 1. The molecule has 35 heavy (non-hydrogen) atoms. The normalized spacial score (nSPS) is 17.2. The lowest BCUT2D eigenvalue weighted by atomic mass is 9.95. The molecule has 1 heterocycles. The molecule has 8 nitrogen and oxygen atoms in total. The van der Waals surface area contributed by atoms with Crippen LogP contribution in [-0.2, 0) is 9.59 Å². The summed E-state index contributed by atoms with van der Waals surface area (Å²) in [5, 5.41) is 11.3. The number of ether oxygens (including phenoxy) is 3. The SMILES string of the molecule is CCN(CC)CCCN1C(=O)C(=O)C(=C(O)c2cccc(OC)c2)[C@@H]1c1ccc(OC)c(OC)c1. The Morgan fingerprint density at radius 3 is 2.31 bits per heavy atom. The number of rotatable bonds is 11. The van der Waals surface area contributed by atoms with E-state index in [2.05, 4.69) is 18.7 Å². The van der Waals surface area contributed by atoms with Crippen molar-refractivity contribution in [1.82, 2.24) is 9.80 Å². The molecule has 8 heteroatoms. The lowest BCUT2D eigenvalue weighted by Gasteiger charge is -2.27. The average Bonchev–Trinajstić information content (AvgIpc) is 3.15. The smallest absolute Gasteiger partial charge is 0.295 e. The molecule has 1 N–H and O–H groups in total. The highest BCUT2D eigenvalue weighted by atomic mass is 16.5. The van der Waals surface area contributed by atoms with Crippen LogP contribution in [0.1, 0.15) is 37.4 Å². The van der Waals surface area contributed by atoms with Gasteiger partial charge in [0, 0.05) is 12.1 Å². The predicted octanol–water partition coefficient (Wildman–Crippen LogP) is 3.87. The van der Waals surface area contributed by atoms with Crippen LogP contribution in [0.15, 0.2) is 48.0 Å². The highest BCUT2D eigenvalue weighted by Gasteiger charge is 2.46. The van der Waals surface area contributed by atoms with Crippen molar-refractivity contribution >= 4 is 17.4 Å². The fourth-order valence-electron chi connectivity index (χ4n) is 4.41. The molecule has 0 radical (unpaired) electrons. The summed E-state index contributed by atoms with van der Waals surface area (Å²) in [5.74, 6) is -0.0530. The minimum atomic E-state index is -0.766. The second-order valence-corrected chi connectivity index (χ2v) is 8.22. The maximum absolute atomic E-state index is 13.2. The van der Waals surface area contributed by atoms with Crippen molar-refractivity contribution in [3.63, 3.8) is 0 Å². The van der Waals surface area contributed by atoms with Gasteiger partial charge >= 0.3 is 0 Å². The van der Waals surface area contributed by atoms with Gasteiger partial charge in [0.05, 0.1) is 32.9 Å². The van der Waals surface area contributed by atoms with E-state index in [1.54, 1.807) is 54.5 Å². The van der Waals surface area contributed by atoms with Crippen molar-refractivity contribution in [2.45, 2.75) is 26.3 Å². The van der Waals surface area contributed by atoms with Gasteiger partial charge in [0.2, 0.25) is 0 Å². The molecule has 0 aliphatic carbocycles. The Balaban J connectivity index is 2.10. The van der Waals surface area contributed by atoms with Gasteiger partial charge < -0.3 is 29.1 Å². The van der Waals surface area contributed by atoms with E-state index in [0.717, 1.165) is 19.6 Å². The fourth-order valence-corrected chi connectivity index (χ4v) is 4.41. The highest BCUT2D eigenvalue weighted by molar-refractivity contribution is 6.46. The molecule has 0 unspecified atom stereocenters. The number of methoxy groups -OCH3 is 3. The number of likely N-dealkylation sites (tertiary alicyclic amines) is 1. The van der Waals surface area contributed by atoms with Crippen molar-refractivity contribution in [3.8, 4) is 17.2 Å². The fraction of sp³-hybridized carbons (Fsp3) is 0.407. The number of Topliss-reactive ketones (excluding diaryl/α,β-unsaturated/α-hetero) is 1. The van der Waals surface area contributed by atoms with Crippen LogP contribution in [0, 0.1) is 0 Å². The molecule has 2 aromatic carbocycles. The third kappa shape index (κ3) is 5.43. The van der Waals surface area contributed by atoms with Crippen LogP contribution in [0.5, 0.6) is 17.2 Å². The molecule has 1 aliphatic rings. The third-order valence-corrected chi connectivity index (χ3v) is 6.37. The Morgan fingerprint density at radius 2 is 1.69 bits per heavy atom. The van der Waals surface area contributed by atoms with Crippen molar-refractivity contribution in [2.75, 3.05) is 47.5 Å². The van der Waals surface area contributed by atoms with Gasteiger partial charge in [-0.1, -0.05) is 32.0 Å². The number of hydrogen-bond donors (Lipinski definition) is 1. The van der Waals surface area contributed by atoms with Crippen molar-refractivity contribution in [2.24, 2.45) is 0 Å². The van der Waals surface area contributed by atoms with Crippen LogP contribution in [-0.4, -0.2) is 74.1 Å². The summed E-state index contributed by atoms with van der Waals surface area (Å²) in [6.07, 6.45) is 0.692. The van der Waals surface area contributed by atoms with Crippen LogP contribution < -0.4 is 14.2 Å². The molecular formula is C27H34N2O6. The minimum Gasteiger partial charge on any atom is -0.507 e. The van der Waals surface area contributed by atoms with E-state index in [9.17, 15) is 14.7 Å². The number of ketones is 1. The maximum atomic E-state index is 13.2. The Morgan fingerprint density at radius 1 is 0.971 bits per heavy atom. The summed E-state index contributed by atoms with van der Waals surface area (Å²) in [7, 11) is 4.59. The number of nitrogens with zero attached hydrogens (tertiary/aromatic N) is 2. The van der Waals surface area contributed by atoms with Gasteiger partial charge in [-0.25, -0.2) is 0 Å². The second kappa shape index (κ2) is 11.8. The van der Waals surface area contributed by atoms with Crippen LogP contribution in [0.3, 0.4) is 0 Å². The Hall–Kier alpha value is -3.52. The van der Waals surface area contributed by atoms with E-state index in [1.807, 2.05) is 0 Å². The van der Waals surface area contributed by atoms with Crippen LogP contribution >= 0.6 is 0 Å². The largest absolute Gasteiger partial charge is 0.507 e.